The number of hydrogen-bond acceptors (Lipinski definition) is 4. The van der Waals surface area contributed by atoms with Gasteiger partial charge in [0.05, 0.1) is 16.7 Å². The number of carbonyl (C=O) groups is 3. The molecule has 2 aromatic carbocycles. The van der Waals surface area contributed by atoms with Crippen LogP contribution < -0.4 is 10.6 Å². The van der Waals surface area contributed by atoms with Gasteiger partial charge in [-0.3, -0.25) is 14.4 Å². The highest BCUT2D eigenvalue weighted by molar-refractivity contribution is 6.30. The number of benzene rings is 2. The number of ether oxygens (including phenoxy) is 1. The number of para-hydroxylation sites is 1. The fourth-order valence-corrected chi connectivity index (χ4v) is 3.77. The van der Waals surface area contributed by atoms with Gasteiger partial charge in [0.15, 0.2) is 6.61 Å². The van der Waals surface area contributed by atoms with E-state index in [1.54, 1.807) is 36.4 Å². The third-order valence-corrected chi connectivity index (χ3v) is 5.94. The summed E-state index contributed by atoms with van der Waals surface area (Å²) in [6.07, 6.45) is 4.24. The van der Waals surface area contributed by atoms with Gasteiger partial charge in [-0.1, -0.05) is 42.3 Å². The SMILES string of the molecule is O=C(COC(=O)C1(c2ccc(Cl)cc2)CCC1)Nc1ccccc1C(=O)NC1CC1. The highest BCUT2D eigenvalue weighted by Crippen LogP contribution is 2.45. The maximum Gasteiger partial charge on any atom is 0.317 e. The Hall–Kier alpha value is -2.86. The molecule has 0 saturated heterocycles. The Morgan fingerprint density at radius 2 is 1.73 bits per heavy atom. The second-order valence-electron chi connectivity index (χ2n) is 7.86. The van der Waals surface area contributed by atoms with Gasteiger partial charge in [-0.05, 0) is 55.5 Å². The van der Waals surface area contributed by atoms with Crippen molar-refractivity contribution in [1.82, 2.24) is 5.32 Å². The lowest BCUT2D eigenvalue weighted by Crippen LogP contribution is -2.44. The topological polar surface area (TPSA) is 84.5 Å². The molecule has 0 aliphatic heterocycles. The monoisotopic (exact) mass is 426 g/mol. The minimum absolute atomic E-state index is 0.216. The third kappa shape index (κ3) is 4.33. The molecular weight excluding hydrogens is 404 g/mol. The molecule has 2 aromatic rings. The van der Waals surface area contributed by atoms with Crippen LogP contribution in [0.2, 0.25) is 5.02 Å². The van der Waals surface area contributed by atoms with Crippen molar-refractivity contribution >= 4 is 35.1 Å². The standard InChI is InChI=1S/C23H23ClN2O4/c24-16-8-6-15(7-9-16)23(12-3-13-23)22(29)30-14-20(27)26-19-5-2-1-4-18(19)21(28)25-17-10-11-17/h1-2,4-9,17H,3,10-14H2,(H,25,28)(H,26,27). The van der Waals surface area contributed by atoms with Crippen LogP contribution in [-0.2, 0) is 19.7 Å². The normalized spacial score (nSPS) is 16.8. The quantitative estimate of drug-likeness (QED) is 0.659. The van der Waals surface area contributed by atoms with Gasteiger partial charge in [0.25, 0.3) is 11.8 Å². The Bertz CT molecular complexity index is 965. The van der Waals surface area contributed by atoms with Gasteiger partial charge in [0.1, 0.15) is 0 Å². The summed E-state index contributed by atoms with van der Waals surface area (Å²) >= 11 is 5.95. The average Bonchev–Trinajstić information content (AvgIpc) is 3.51. The van der Waals surface area contributed by atoms with E-state index in [1.807, 2.05) is 12.1 Å². The molecule has 2 aliphatic rings. The van der Waals surface area contributed by atoms with Crippen LogP contribution in [0.5, 0.6) is 0 Å². The lowest BCUT2D eigenvalue weighted by atomic mass is 9.64. The molecule has 156 valence electrons. The van der Waals surface area contributed by atoms with Crippen LogP contribution >= 0.6 is 11.6 Å². The molecule has 0 bridgehead atoms. The summed E-state index contributed by atoms with van der Waals surface area (Å²) < 4.78 is 5.36. The van der Waals surface area contributed by atoms with E-state index >= 15 is 0 Å². The fraction of sp³-hybridized carbons (Fsp3) is 0.348. The van der Waals surface area contributed by atoms with E-state index in [2.05, 4.69) is 10.6 Å². The van der Waals surface area contributed by atoms with Crippen LogP contribution in [-0.4, -0.2) is 30.4 Å². The number of rotatable bonds is 7. The number of amides is 2. The molecule has 2 aliphatic carbocycles. The maximum absolute atomic E-state index is 12.8. The maximum atomic E-state index is 12.8. The van der Waals surface area contributed by atoms with Crippen LogP contribution in [0.4, 0.5) is 5.69 Å². The largest absolute Gasteiger partial charge is 0.455 e. The molecule has 30 heavy (non-hydrogen) atoms. The van der Waals surface area contributed by atoms with Crippen molar-refractivity contribution in [3.05, 3.63) is 64.7 Å². The Balaban J connectivity index is 1.37. The van der Waals surface area contributed by atoms with Crippen molar-refractivity contribution in [2.24, 2.45) is 0 Å². The zero-order valence-electron chi connectivity index (χ0n) is 16.4. The van der Waals surface area contributed by atoms with E-state index in [1.165, 1.54) is 0 Å². The lowest BCUT2D eigenvalue weighted by molar-refractivity contribution is -0.156. The van der Waals surface area contributed by atoms with Gasteiger partial charge in [0.2, 0.25) is 0 Å². The molecule has 0 aromatic heterocycles. The van der Waals surface area contributed by atoms with E-state index in [9.17, 15) is 14.4 Å². The smallest absolute Gasteiger partial charge is 0.317 e. The molecule has 2 fully saturated rings. The van der Waals surface area contributed by atoms with Crippen molar-refractivity contribution in [3.8, 4) is 0 Å². The van der Waals surface area contributed by atoms with Gasteiger partial charge in [-0.25, -0.2) is 0 Å². The zero-order chi connectivity index (χ0) is 21.1. The first kappa shape index (κ1) is 20.4. The number of carbonyl (C=O) groups excluding carboxylic acids is 3. The molecule has 7 heteroatoms. The minimum Gasteiger partial charge on any atom is -0.455 e. The van der Waals surface area contributed by atoms with E-state index in [-0.39, 0.29) is 11.9 Å². The molecular formula is C23H23ClN2O4. The Morgan fingerprint density at radius 1 is 1.03 bits per heavy atom. The van der Waals surface area contributed by atoms with Gasteiger partial charge in [-0.15, -0.1) is 0 Å². The van der Waals surface area contributed by atoms with Crippen molar-refractivity contribution in [1.29, 1.82) is 0 Å². The number of esters is 1. The van der Waals surface area contributed by atoms with Crippen molar-refractivity contribution in [2.45, 2.75) is 43.6 Å². The number of anilines is 1. The summed E-state index contributed by atoms with van der Waals surface area (Å²) in [5.74, 6) is -1.12. The first-order chi connectivity index (χ1) is 14.5. The molecule has 2 N–H and O–H groups in total. The van der Waals surface area contributed by atoms with E-state index < -0.39 is 23.9 Å². The fourth-order valence-electron chi connectivity index (χ4n) is 3.65. The molecule has 0 heterocycles. The highest BCUT2D eigenvalue weighted by Gasteiger charge is 2.47. The molecule has 2 saturated carbocycles. The molecule has 0 atom stereocenters. The molecule has 0 spiro atoms. The van der Waals surface area contributed by atoms with Crippen molar-refractivity contribution in [2.75, 3.05) is 11.9 Å². The first-order valence-corrected chi connectivity index (χ1v) is 10.5. The van der Waals surface area contributed by atoms with Crippen LogP contribution in [0, 0.1) is 0 Å². The Kier molecular flexibility index (Phi) is 5.77. The molecule has 2 amide bonds. The number of nitrogens with one attached hydrogen (secondary N) is 2. The average molecular weight is 427 g/mol. The van der Waals surface area contributed by atoms with Gasteiger partial charge < -0.3 is 15.4 Å². The summed E-state index contributed by atoms with van der Waals surface area (Å²) in [5.41, 5.74) is 0.923. The summed E-state index contributed by atoms with van der Waals surface area (Å²) in [6.45, 7) is -0.410. The van der Waals surface area contributed by atoms with Crippen LogP contribution in [0.1, 0.15) is 48.0 Å². The van der Waals surface area contributed by atoms with E-state index in [0.717, 1.165) is 24.8 Å². The third-order valence-electron chi connectivity index (χ3n) is 5.69. The van der Waals surface area contributed by atoms with E-state index in [4.69, 9.17) is 16.3 Å². The summed E-state index contributed by atoms with van der Waals surface area (Å²) in [4.78, 5) is 37.6. The molecule has 6 nitrogen and oxygen atoms in total. The second kappa shape index (κ2) is 8.48. The lowest BCUT2D eigenvalue weighted by Gasteiger charge is -2.39. The van der Waals surface area contributed by atoms with Crippen LogP contribution in [0.15, 0.2) is 48.5 Å². The van der Waals surface area contributed by atoms with Crippen LogP contribution in [0.25, 0.3) is 0 Å². The number of hydrogen-bond donors (Lipinski definition) is 2. The van der Waals surface area contributed by atoms with Gasteiger partial charge >= 0.3 is 5.97 Å². The second-order valence-corrected chi connectivity index (χ2v) is 8.30. The van der Waals surface area contributed by atoms with Gasteiger partial charge in [-0.2, -0.15) is 0 Å². The summed E-state index contributed by atoms with van der Waals surface area (Å²) in [6, 6.07) is 14.2. The predicted molar refractivity (Wildman–Crippen MR) is 113 cm³/mol. The molecule has 0 unspecified atom stereocenters. The summed E-state index contributed by atoms with van der Waals surface area (Å²) in [7, 11) is 0. The predicted octanol–water partition coefficient (Wildman–Crippen LogP) is 3.84. The number of halogens is 1. The summed E-state index contributed by atoms with van der Waals surface area (Å²) in [5, 5.41) is 6.19. The van der Waals surface area contributed by atoms with Crippen molar-refractivity contribution in [3.63, 3.8) is 0 Å². The molecule has 4 rings (SSSR count). The zero-order valence-corrected chi connectivity index (χ0v) is 17.2. The highest BCUT2D eigenvalue weighted by atomic mass is 35.5. The Labute approximate surface area is 179 Å². The van der Waals surface area contributed by atoms with E-state index in [0.29, 0.717) is 29.1 Å². The minimum atomic E-state index is -0.715. The van der Waals surface area contributed by atoms with Crippen LogP contribution in [0.3, 0.4) is 0 Å². The van der Waals surface area contributed by atoms with Gasteiger partial charge in [0, 0.05) is 11.1 Å². The first-order valence-electron chi connectivity index (χ1n) is 10.1. The van der Waals surface area contributed by atoms with Crippen molar-refractivity contribution < 1.29 is 19.1 Å². The molecule has 0 radical (unpaired) electrons. The Morgan fingerprint density at radius 3 is 2.37 bits per heavy atom.